The standard InChI is InChI=1S/C19H20ClN3O3/c1-13-4-6-14(7-5-13)18-3-2-10-22(18)12-19(24)21-17-9-8-15(23(25)26)11-16(17)20/h4-9,11,18H,2-3,10,12H2,1H3,(H,21,24). The van der Waals surface area contributed by atoms with Crippen molar-refractivity contribution in [1.29, 1.82) is 0 Å². The van der Waals surface area contributed by atoms with E-state index in [4.69, 9.17) is 11.6 Å². The molecule has 2 aromatic rings. The molecule has 2 aromatic carbocycles. The van der Waals surface area contributed by atoms with Crippen molar-refractivity contribution in [3.63, 3.8) is 0 Å². The number of nitrogens with zero attached hydrogens (tertiary/aromatic N) is 2. The third-order valence-corrected chi connectivity index (χ3v) is 4.92. The Morgan fingerprint density at radius 3 is 2.69 bits per heavy atom. The number of amides is 1. The monoisotopic (exact) mass is 373 g/mol. The van der Waals surface area contributed by atoms with Gasteiger partial charge in [0, 0.05) is 18.2 Å². The zero-order valence-corrected chi connectivity index (χ0v) is 15.2. The van der Waals surface area contributed by atoms with Gasteiger partial charge in [-0.1, -0.05) is 41.4 Å². The Hall–Kier alpha value is -2.44. The Morgan fingerprint density at radius 2 is 2.04 bits per heavy atom. The molecule has 1 saturated heterocycles. The van der Waals surface area contributed by atoms with E-state index in [9.17, 15) is 14.9 Å². The average Bonchev–Trinajstić information content (AvgIpc) is 3.05. The Balaban J connectivity index is 1.65. The van der Waals surface area contributed by atoms with Crippen molar-refractivity contribution in [3.8, 4) is 0 Å². The maximum absolute atomic E-state index is 12.4. The van der Waals surface area contributed by atoms with Gasteiger partial charge in [-0.05, 0) is 37.9 Å². The van der Waals surface area contributed by atoms with Gasteiger partial charge < -0.3 is 5.32 Å². The number of anilines is 1. The molecule has 6 nitrogen and oxygen atoms in total. The van der Waals surface area contributed by atoms with Crippen LogP contribution in [-0.4, -0.2) is 28.8 Å². The molecule has 1 amide bonds. The summed E-state index contributed by atoms with van der Waals surface area (Å²) in [5.74, 6) is -0.181. The fourth-order valence-electron chi connectivity index (χ4n) is 3.27. The van der Waals surface area contributed by atoms with Crippen LogP contribution in [0.5, 0.6) is 0 Å². The van der Waals surface area contributed by atoms with Crippen molar-refractivity contribution < 1.29 is 9.72 Å². The van der Waals surface area contributed by atoms with E-state index in [1.807, 2.05) is 0 Å². The number of benzene rings is 2. The molecule has 1 fully saturated rings. The second kappa shape index (κ2) is 7.85. The number of hydrogen-bond acceptors (Lipinski definition) is 4. The SMILES string of the molecule is Cc1ccc(C2CCCN2CC(=O)Nc2ccc([N+](=O)[O-])cc2Cl)cc1. The minimum atomic E-state index is -0.520. The molecule has 136 valence electrons. The number of halogens is 1. The van der Waals surface area contributed by atoms with Crippen LogP contribution < -0.4 is 5.32 Å². The molecule has 1 unspecified atom stereocenters. The van der Waals surface area contributed by atoms with Gasteiger partial charge in [0.2, 0.25) is 5.91 Å². The van der Waals surface area contributed by atoms with E-state index in [-0.39, 0.29) is 29.2 Å². The molecule has 1 N–H and O–H groups in total. The van der Waals surface area contributed by atoms with Crippen LogP contribution in [0.4, 0.5) is 11.4 Å². The van der Waals surface area contributed by atoms with Crippen LogP contribution in [-0.2, 0) is 4.79 Å². The summed E-state index contributed by atoms with van der Waals surface area (Å²) >= 11 is 6.04. The van der Waals surface area contributed by atoms with E-state index in [0.717, 1.165) is 19.4 Å². The molecule has 1 heterocycles. The van der Waals surface area contributed by atoms with Crippen LogP contribution in [0, 0.1) is 17.0 Å². The average molecular weight is 374 g/mol. The largest absolute Gasteiger partial charge is 0.324 e. The summed E-state index contributed by atoms with van der Waals surface area (Å²) in [5.41, 5.74) is 2.71. The summed E-state index contributed by atoms with van der Waals surface area (Å²) in [7, 11) is 0. The second-order valence-electron chi connectivity index (χ2n) is 6.51. The number of nitro benzene ring substituents is 1. The summed E-state index contributed by atoms with van der Waals surface area (Å²) in [5, 5.41) is 13.7. The van der Waals surface area contributed by atoms with E-state index in [2.05, 4.69) is 41.4 Å². The first-order valence-corrected chi connectivity index (χ1v) is 8.86. The van der Waals surface area contributed by atoms with Gasteiger partial charge in [0.05, 0.1) is 22.2 Å². The van der Waals surface area contributed by atoms with Crippen molar-refractivity contribution in [2.24, 2.45) is 0 Å². The molecule has 3 rings (SSSR count). The summed E-state index contributed by atoms with van der Waals surface area (Å²) in [6.45, 7) is 3.17. The fraction of sp³-hybridized carbons (Fsp3) is 0.316. The highest BCUT2D eigenvalue weighted by Crippen LogP contribution is 2.32. The molecule has 0 aliphatic carbocycles. The van der Waals surface area contributed by atoms with Crippen LogP contribution in [0.1, 0.15) is 30.0 Å². The first-order chi connectivity index (χ1) is 12.4. The first kappa shape index (κ1) is 18.4. The van der Waals surface area contributed by atoms with Gasteiger partial charge in [-0.25, -0.2) is 0 Å². The highest BCUT2D eigenvalue weighted by atomic mass is 35.5. The first-order valence-electron chi connectivity index (χ1n) is 8.48. The number of rotatable bonds is 5. The van der Waals surface area contributed by atoms with Crippen LogP contribution >= 0.6 is 11.6 Å². The Kier molecular flexibility index (Phi) is 5.54. The van der Waals surface area contributed by atoms with Crippen LogP contribution in [0.2, 0.25) is 5.02 Å². The van der Waals surface area contributed by atoms with Gasteiger partial charge in [0.15, 0.2) is 0 Å². The summed E-state index contributed by atoms with van der Waals surface area (Å²) in [4.78, 5) is 24.8. The lowest BCUT2D eigenvalue weighted by atomic mass is 10.0. The minimum Gasteiger partial charge on any atom is -0.324 e. The molecule has 7 heteroatoms. The predicted molar refractivity (Wildman–Crippen MR) is 101 cm³/mol. The number of hydrogen-bond donors (Lipinski definition) is 1. The van der Waals surface area contributed by atoms with E-state index < -0.39 is 4.92 Å². The van der Waals surface area contributed by atoms with E-state index in [0.29, 0.717) is 5.69 Å². The summed E-state index contributed by atoms with van der Waals surface area (Å²) < 4.78 is 0. The second-order valence-corrected chi connectivity index (χ2v) is 6.92. The van der Waals surface area contributed by atoms with Crippen molar-refractivity contribution >= 4 is 28.9 Å². The topological polar surface area (TPSA) is 75.5 Å². The highest BCUT2D eigenvalue weighted by molar-refractivity contribution is 6.34. The highest BCUT2D eigenvalue weighted by Gasteiger charge is 2.27. The van der Waals surface area contributed by atoms with E-state index in [1.165, 1.54) is 29.3 Å². The molecule has 0 bridgehead atoms. The normalized spacial score (nSPS) is 17.2. The Morgan fingerprint density at radius 1 is 1.31 bits per heavy atom. The molecule has 0 aromatic heterocycles. The van der Waals surface area contributed by atoms with Crippen molar-refractivity contribution in [2.45, 2.75) is 25.8 Å². The lowest BCUT2D eigenvalue weighted by molar-refractivity contribution is -0.384. The van der Waals surface area contributed by atoms with Crippen LogP contribution in [0.25, 0.3) is 0 Å². The number of aryl methyl sites for hydroxylation is 1. The predicted octanol–water partition coefficient (Wildman–Crippen LogP) is 4.33. The Labute approximate surface area is 156 Å². The zero-order valence-electron chi connectivity index (χ0n) is 14.4. The molecular weight excluding hydrogens is 354 g/mol. The van der Waals surface area contributed by atoms with Gasteiger partial charge in [-0.15, -0.1) is 0 Å². The molecule has 0 saturated carbocycles. The molecule has 0 spiro atoms. The minimum absolute atomic E-state index is 0.105. The maximum atomic E-state index is 12.4. The quantitative estimate of drug-likeness (QED) is 0.625. The third-order valence-electron chi connectivity index (χ3n) is 4.61. The van der Waals surface area contributed by atoms with Crippen LogP contribution in [0.3, 0.4) is 0 Å². The van der Waals surface area contributed by atoms with Crippen molar-refractivity contribution in [3.05, 3.63) is 68.7 Å². The lowest BCUT2D eigenvalue weighted by Crippen LogP contribution is -2.33. The van der Waals surface area contributed by atoms with Gasteiger partial charge >= 0.3 is 0 Å². The summed E-state index contributed by atoms with van der Waals surface area (Å²) in [6.07, 6.45) is 2.07. The Bertz CT molecular complexity index is 823. The van der Waals surface area contributed by atoms with E-state index >= 15 is 0 Å². The van der Waals surface area contributed by atoms with Gasteiger partial charge in [0.25, 0.3) is 5.69 Å². The molecule has 0 radical (unpaired) electrons. The summed E-state index contributed by atoms with van der Waals surface area (Å²) in [6, 6.07) is 12.7. The zero-order chi connectivity index (χ0) is 18.7. The maximum Gasteiger partial charge on any atom is 0.271 e. The van der Waals surface area contributed by atoms with Gasteiger partial charge in [-0.2, -0.15) is 0 Å². The lowest BCUT2D eigenvalue weighted by Gasteiger charge is -2.24. The number of carbonyl (C=O) groups excluding carboxylic acids is 1. The number of non-ortho nitro benzene ring substituents is 1. The molecule has 1 atom stereocenters. The number of likely N-dealkylation sites (tertiary alicyclic amines) is 1. The van der Waals surface area contributed by atoms with E-state index in [1.54, 1.807) is 0 Å². The van der Waals surface area contributed by atoms with Crippen molar-refractivity contribution in [2.75, 3.05) is 18.4 Å². The number of carbonyl (C=O) groups is 1. The van der Waals surface area contributed by atoms with Crippen molar-refractivity contribution in [1.82, 2.24) is 4.90 Å². The van der Waals surface area contributed by atoms with Crippen LogP contribution in [0.15, 0.2) is 42.5 Å². The molecule has 26 heavy (non-hydrogen) atoms. The van der Waals surface area contributed by atoms with Gasteiger partial charge in [0.1, 0.15) is 0 Å². The fourth-order valence-corrected chi connectivity index (χ4v) is 3.50. The number of nitrogens with one attached hydrogen (secondary N) is 1. The van der Waals surface area contributed by atoms with Gasteiger partial charge in [-0.3, -0.25) is 19.8 Å². The molecule has 1 aliphatic heterocycles. The smallest absolute Gasteiger partial charge is 0.271 e. The number of nitro groups is 1. The molecular formula is C19H20ClN3O3. The third kappa shape index (κ3) is 4.20. The molecule has 1 aliphatic rings.